The Balaban J connectivity index is 2.51. The van der Waals surface area contributed by atoms with Crippen LogP contribution in [0.5, 0.6) is 0 Å². The minimum absolute atomic E-state index is 0.0638. The molecular weight excluding hydrogens is 305 g/mol. The average Bonchev–Trinajstić information content (AvgIpc) is 2.77. The maximum atomic E-state index is 14.2. The van der Waals surface area contributed by atoms with Crippen LogP contribution in [0.15, 0.2) is 35.6 Å². The Kier molecular flexibility index (Phi) is 5.12. The third-order valence-corrected chi connectivity index (χ3v) is 3.75. The first-order valence-corrected chi connectivity index (χ1v) is 6.97. The van der Waals surface area contributed by atoms with E-state index >= 15 is 0 Å². The van der Waals surface area contributed by atoms with Crippen molar-refractivity contribution in [2.45, 2.75) is 19.3 Å². The molecule has 1 aromatic rings. The lowest BCUT2D eigenvalue weighted by Gasteiger charge is -2.29. The van der Waals surface area contributed by atoms with E-state index in [9.17, 15) is 19.1 Å². The first-order chi connectivity index (χ1) is 10.9. The molecular formula is C16H18FNO5. The van der Waals surface area contributed by atoms with Crippen molar-refractivity contribution in [2.24, 2.45) is 0 Å². The molecule has 2 rings (SSSR count). The van der Waals surface area contributed by atoms with E-state index in [2.05, 4.69) is 0 Å². The van der Waals surface area contributed by atoms with Gasteiger partial charge in [0.25, 0.3) is 5.91 Å². The van der Waals surface area contributed by atoms with Gasteiger partial charge in [-0.3, -0.25) is 9.59 Å². The number of carbonyl (C=O) groups is 2. The van der Waals surface area contributed by atoms with Crippen LogP contribution >= 0.6 is 0 Å². The zero-order valence-electron chi connectivity index (χ0n) is 13.1. The molecule has 0 radical (unpaired) electrons. The normalized spacial score (nSPS) is 18.2. The van der Waals surface area contributed by atoms with Gasteiger partial charge in [0.05, 0.1) is 18.2 Å². The van der Waals surface area contributed by atoms with Gasteiger partial charge in [0, 0.05) is 19.8 Å². The molecule has 23 heavy (non-hydrogen) atoms. The van der Waals surface area contributed by atoms with Gasteiger partial charge in [-0.2, -0.15) is 0 Å². The molecule has 7 heteroatoms. The van der Waals surface area contributed by atoms with Crippen LogP contribution in [0.4, 0.5) is 4.39 Å². The van der Waals surface area contributed by atoms with Crippen molar-refractivity contribution in [2.75, 3.05) is 20.8 Å². The molecule has 1 N–H and O–H groups in total. The first kappa shape index (κ1) is 17.1. The number of benzene rings is 1. The zero-order valence-corrected chi connectivity index (χ0v) is 13.1. The molecule has 1 heterocycles. The predicted octanol–water partition coefficient (Wildman–Crippen LogP) is 1.73. The van der Waals surface area contributed by atoms with E-state index in [1.165, 1.54) is 44.2 Å². The molecule has 6 nitrogen and oxygen atoms in total. The van der Waals surface area contributed by atoms with Gasteiger partial charge < -0.3 is 19.5 Å². The molecule has 0 unspecified atom stereocenters. The highest BCUT2D eigenvalue weighted by Crippen LogP contribution is 2.38. The number of ketones is 1. The van der Waals surface area contributed by atoms with E-state index in [0.717, 1.165) is 0 Å². The van der Waals surface area contributed by atoms with Crippen LogP contribution < -0.4 is 0 Å². The number of carbonyl (C=O) groups excluding carboxylic acids is 2. The highest BCUT2D eigenvalue weighted by atomic mass is 19.1. The average molecular weight is 323 g/mol. The second-order valence-electron chi connectivity index (χ2n) is 5.10. The summed E-state index contributed by atoms with van der Waals surface area (Å²) in [5, 5.41) is 10.0. The van der Waals surface area contributed by atoms with Crippen LogP contribution in [0.25, 0.3) is 0 Å². The van der Waals surface area contributed by atoms with E-state index in [1.807, 2.05) is 0 Å². The molecule has 0 aromatic heterocycles. The monoisotopic (exact) mass is 323 g/mol. The Hall–Kier alpha value is -2.25. The Morgan fingerprint density at radius 3 is 2.48 bits per heavy atom. The van der Waals surface area contributed by atoms with Crippen molar-refractivity contribution in [3.63, 3.8) is 0 Å². The summed E-state index contributed by atoms with van der Waals surface area (Å²) in [5.41, 5.74) is -0.00730. The molecule has 1 aromatic carbocycles. The number of halogens is 1. The fourth-order valence-corrected chi connectivity index (χ4v) is 2.63. The second kappa shape index (κ2) is 6.89. The number of ether oxygens (including phenoxy) is 2. The topological polar surface area (TPSA) is 76.1 Å². The van der Waals surface area contributed by atoms with E-state index in [4.69, 9.17) is 9.47 Å². The SMILES string of the molecule is COC(CN1C(=O)C(O)=C(C(C)=O)[C@H]1c1ccccc1F)OC. The van der Waals surface area contributed by atoms with Crippen LogP contribution in [-0.2, 0) is 19.1 Å². The molecule has 1 atom stereocenters. The summed E-state index contributed by atoms with van der Waals surface area (Å²) < 4.78 is 24.3. The molecule has 0 fully saturated rings. The first-order valence-electron chi connectivity index (χ1n) is 6.97. The summed E-state index contributed by atoms with van der Waals surface area (Å²) in [7, 11) is 2.79. The van der Waals surface area contributed by atoms with Crippen LogP contribution in [0.1, 0.15) is 18.5 Å². The highest BCUT2D eigenvalue weighted by Gasteiger charge is 2.44. The molecule has 1 aliphatic heterocycles. The van der Waals surface area contributed by atoms with Gasteiger partial charge in [-0.1, -0.05) is 18.2 Å². The van der Waals surface area contributed by atoms with E-state index in [0.29, 0.717) is 0 Å². The third-order valence-electron chi connectivity index (χ3n) is 3.75. The molecule has 124 valence electrons. The van der Waals surface area contributed by atoms with Gasteiger partial charge in [-0.05, 0) is 13.0 Å². The number of amides is 1. The fourth-order valence-electron chi connectivity index (χ4n) is 2.63. The highest BCUT2D eigenvalue weighted by molar-refractivity contribution is 6.08. The van der Waals surface area contributed by atoms with Gasteiger partial charge in [-0.25, -0.2) is 4.39 Å². The number of methoxy groups -OCH3 is 2. The fraction of sp³-hybridized carbons (Fsp3) is 0.375. The van der Waals surface area contributed by atoms with Gasteiger partial charge in [0.2, 0.25) is 0 Å². The Morgan fingerprint density at radius 1 is 1.35 bits per heavy atom. The van der Waals surface area contributed by atoms with Crippen LogP contribution in [0.2, 0.25) is 0 Å². The van der Waals surface area contributed by atoms with E-state index in [-0.39, 0.29) is 17.7 Å². The van der Waals surface area contributed by atoms with Crippen molar-refractivity contribution in [1.29, 1.82) is 0 Å². The number of aliphatic hydroxyl groups is 1. The van der Waals surface area contributed by atoms with Crippen LogP contribution in [0, 0.1) is 5.82 Å². The largest absolute Gasteiger partial charge is 0.503 e. The van der Waals surface area contributed by atoms with Crippen LogP contribution in [0.3, 0.4) is 0 Å². The maximum absolute atomic E-state index is 14.2. The summed E-state index contributed by atoms with van der Waals surface area (Å²) in [6.45, 7) is 1.16. The standard InChI is InChI=1S/C16H18FNO5/c1-9(19)13-14(10-6-4-5-7-11(10)17)18(16(21)15(13)20)8-12(22-2)23-3/h4-7,12,14,20H,8H2,1-3H3/t14-/m1/s1. The van der Waals surface area contributed by atoms with Crippen molar-refractivity contribution in [3.05, 3.63) is 47.0 Å². The summed E-state index contributed by atoms with van der Waals surface area (Å²) in [4.78, 5) is 25.4. The van der Waals surface area contributed by atoms with E-state index in [1.54, 1.807) is 6.07 Å². The lowest BCUT2D eigenvalue weighted by molar-refractivity contribution is -0.144. The summed E-state index contributed by atoms with van der Waals surface area (Å²) >= 11 is 0. The minimum Gasteiger partial charge on any atom is -0.503 e. The Bertz CT molecular complexity index is 654. The number of hydrogen-bond acceptors (Lipinski definition) is 5. The lowest BCUT2D eigenvalue weighted by atomic mass is 9.96. The molecule has 0 saturated carbocycles. The van der Waals surface area contributed by atoms with Crippen molar-refractivity contribution in [1.82, 2.24) is 4.90 Å². The van der Waals surface area contributed by atoms with Gasteiger partial charge in [-0.15, -0.1) is 0 Å². The number of aliphatic hydroxyl groups excluding tert-OH is 1. The molecule has 0 bridgehead atoms. The van der Waals surface area contributed by atoms with Crippen molar-refractivity contribution < 1.29 is 28.6 Å². The van der Waals surface area contributed by atoms with Crippen molar-refractivity contribution >= 4 is 11.7 Å². The number of nitrogens with zero attached hydrogens (tertiary/aromatic N) is 1. The number of rotatable bonds is 6. The third kappa shape index (κ3) is 3.11. The van der Waals surface area contributed by atoms with Crippen LogP contribution in [-0.4, -0.2) is 48.8 Å². The Labute approximate surface area is 133 Å². The zero-order chi connectivity index (χ0) is 17.1. The summed E-state index contributed by atoms with van der Waals surface area (Å²) in [5.74, 6) is -2.51. The van der Waals surface area contributed by atoms with Gasteiger partial charge >= 0.3 is 0 Å². The molecule has 0 spiro atoms. The van der Waals surface area contributed by atoms with Crippen molar-refractivity contribution in [3.8, 4) is 0 Å². The molecule has 0 saturated heterocycles. The number of hydrogen-bond donors (Lipinski definition) is 1. The number of Topliss-reactive ketones (excluding diaryl/α,β-unsaturated/α-hetero) is 1. The second-order valence-corrected chi connectivity index (χ2v) is 5.10. The van der Waals surface area contributed by atoms with Gasteiger partial charge in [0.15, 0.2) is 17.8 Å². The summed E-state index contributed by atoms with van der Waals surface area (Å²) in [6, 6.07) is 4.78. The van der Waals surface area contributed by atoms with Gasteiger partial charge in [0.1, 0.15) is 5.82 Å². The molecule has 1 aliphatic rings. The Morgan fingerprint density at radius 2 is 1.96 bits per heavy atom. The quantitative estimate of drug-likeness (QED) is 0.807. The van der Waals surface area contributed by atoms with E-state index < -0.39 is 35.6 Å². The minimum atomic E-state index is -1.02. The summed E-state index contributed by atoms with van der Waals surface area (Å²) in [6.07, 6.45) is -0.771. The predicted molar refractivity (Wildman–Crippen MR) is 79.0 cm³/mol. The maximum Gasteiger partial charge on any atom is 0.290 e. The molecule has 1 amide bonds. The molecule has 0 aliphatic carbocycles. The smallest absolute Gasteiger partial charge is 0.290 e. The lowest BCUT2D eigenvalue weighted by Crippen LogP contribution is -2.39.